The quantitative estimate of drug-likeness (QED) is 0.173. The first-order chi connectivity index (χ1) is 17.7. The lowest BCUT2D eigenvalue weighted by atomic mass is 9.54. The number of hydrogen-bond acceptors (Lipinski definition) is 10. The number of carbonyl (C=O) groups is 5. The van der Waals surface area contributed by atoms with Crippen LogP contribution in [0.2, 0.25) is 0 Å². The van der Waals surface area contributed by atoms with E-state index >= 15 is 0 Å². The van der Waals surface area contributed by atoms with E-state index in [0.717, 1.165) is 0 Å². The number of nitrogens with zero attached hydrogens (tertiary/aromatic N) is 1. The van der Waals surface area contributed by atoms with Crippen molar-refractivity contribution >= 4 is 40.8 Å². The summed E-state index contributed by atoms with van der Waals surface area (Å²) >= 11 is 0. The fourth-order valence-corrected chi connectivity index (χ4v) is 6.11. The number of ketones is 2. The summed E-state index contributed by atoms with van der Waals surface area (Å²) in [6.07, 6.45) is -2.26. The van der Waals surface area contributed by atoms with Crippen LogP contribution in [-0.2, 0) is 30.4 Å². The molecule has 0 aliphatic heterocycles. The Bertz CT molecular complexity index is 1290. The maximum Gasteiger partial charge on any atom is 0.303 e. The Kier molecular flexibility index (Phi) is 6.80. The van der Waals surface area contributed by atoms with E-state index in [1.54, 1.807) is 14.1 Å². The molecule has 0 bridgehead atoms. The van der Waals surface area contributed by atoms with Crippen molar-refractivity contribution in [1.29, 1.82) is 0 Å². The van der Waals surface area contributed by atoms with Crippen molar-refractivity contribution in [2.75, 3.05) is 19.4 Å². The van der Waals surface area contributed by atoms with Gasteiger partial charge in [0, 0.05) is 24.0 Å². The number of phenolic OH excluding ortho intramolecular Hbond substituents is 1. The molecule has 8 N–H and O–H groups in total. The number of nitrogens with one attached hydrogen (secondary N) is 1. The van der Waals surface area contributed by atoms with Crippen LogP contribution in [-0.4, -0.2) is 91.6 Å². The molecule has 0 spiro atoms. The van der Waals surface area contributed by atoms with Crippen molar-refractivity contribution in [3.63, 3.8) is 0 Å². The van der Waals surface area contributed by atoms with Crippen LogP contribution in [0.25, 0.3) is 5.76 Å². The van der Waals surface area contributed by atoms with Gasteiger partial charge in [-0.15, -0.1) is 0 Å². The molecule has 2 unspecified atom stereocenters. The largest absolute Gasteiger partial charge is 0.507 e. The average molecular weight is 532 g/mol. The highest BCUT2D eigenvalue weighted by Gasteiger charge is 2.67. The minimum Gasteiger partial charge on any atom is -0.507 e. The molecule has 3 aliphatic carbocycles. The number of anilines is 1. The number of likely N-dealkylation sites (N-methyl/N-ethyl adjacent to an activating group) is 1. The van der Waals surface area contributed by atoms with Gasteiger partial charge in [-0.1, -0.05) is 6.07 Å². The lowest BCUT2D eigenvalue weighted by Gasteiger charge is -2.53. The number of rotatable bonds is 6. The summed E-state index contributed by atoms with van der Waals surface area (Å²) in [7, 11) is 3.13. The zero-order chi connectivity index (χ0) is 28.3. The van der Waals surface area contributed by atoms with Crippen molar-refractivity contribution in [3.8, 4) is 5.75 Å². The van der Waals surface area contributed by atoms with E-state index in [2.05, 4.69) is 5.32 Å². The molecule has 4 rings (SSSR count). The second-order valence-electron chi connectivity index (χ2n) is 10.2. The van der Waals surface area contributed by atoms with Crippen LogP contribution in [0.3, 0.4) is 0 Å². The first-order valence-corrected chi connectivity index (χ1v) is 12.0. The number of amides is 2. The van der Waals surface area contributed by atoms with Crippen LogP contribution < -0.4 is 11.1 Å². The van der Waals surface area contributed by atoms with E-state index in [4.69, 9.17) is 10.8 Å². The summed E-state index contributed by atoms with van der Waals surface area (Å²) in [4.78, 5) is 63.4. The van der Waals surface area contributed by atoms with E-state index in [1.807, 2.05) is 0 Å². The summed E-state index contributed by atoms with van der Waals surface area (Å²) in [5.74, 6) is -10.4. The third-order valence-corrected chi connectivity index (χ3v) is 7.80. The predicted molar refractivity (Wildman–Crippen MR) is 130 cm³/mol. The fraction of sp³-hybridized carbons (Fsp3) is 0.480. The van der Waals surface area contributed by atoms with Crippen LogP contribution in [0.5, 0.6) is 5.75 Å². The van der Waals surface area contributed by atoms with Gasteiger partial charge in [-0.3, -0.25) is 24.0 Å². The van der Waals surface area contributed by atoms with Gasteiger partial charge in [0.15, 0.2) is 11.4 Å². The number of phenols is 1. The Balaban J connectivity index is 1.78. The minimum absolute atomic E-state index is 0.00730. The number of aliphatic hydroxyl groups is 3. The molecule has 0 aromatic heterocycles. The molecule has 0 radical (unpaired) electrons. The molecular formula is C25H29N3O10. The van der Waals surface area contributed by atoms with Crippen molar-refractivity contribution in [2.24, 2.45) is 23.5 Å². The molecule has 6 atom stereocenters. The average Bonchev–Trinajstić information content (AvgIpc) is 2.81. The number of hydrogen-bond donors (Lipinski definition) is 7. The van der Waals surface area contributed by atoms with Crippen molar-refractivity contribution in [3.05, 3.63) is 28.8 Å². The van der Waals surface area contributed by atoms with Crippen LogP contribution >= 0.6 is 0 Å². The van der Waals surface area contributed by atoms with E-state index in [-0.39, 0.29) is 36.1 Å². The van der Waals surface area contributed by atoms with E-state index in [1.165, 1.54) is 17.0 Å². The molecule has 13 heteroatoms. The Labute approximate surface area is 216 Å². The maximum absolute atomic E-state index is 13.8. The van der Waals surface area contributed by atoms with Gasteiger partial charge in [-0.05, 0) is 44.5 Å². The Hall–Kier alpha value is -3.81. The van der Waals surface area contributed by atoms with E-state index in [0.29, 0.717) is 5.56 Å². The molecule has 38 heavy (non-hydrogen) atoms. The number of aliphatic hydroxyl groups excluding tert-OH is 2. The molecule has 2 amide bonds. The predicted octanol–water partition coefficient (Wildman–Crippen LogP) is -1.07. The highest BCUT2D eigenvalue weighted by atomic mass is 16.4. The summed E-state index contributed by atoms with van der Waals surface area (Å²) in [6.45, 7) is 0. The van der Waals surface area contributed by atoms with Gasteiger partial charge < -0.3 is 41.5 Å². The highest BCUT2D eigenvalue weighted by molar-refractivity contribution is 6.25. The SMILES string of the molecule is CN(C)[C@H]1C(O)C(C(N)=O)C(=O)[C@]2(O)C(=O)C3=C(O)c4c(ccc(NC(=O)CCC(=O)O)c4O)C[C@@H]3C[C@H]12. The number of carbonyl (C=O) groups excluding carboxylic acids is 4. The Morgan fingerprint density at radius 2 is 1.82 bits per heavy atom. The third kappa shape index (κ3) is 4.03. The number of nitrogens with two attached hydrogens (primary N) is 1. The normalized spacial score (nSPS) is 30.4. The van der Waals surface area contributed by atoms with Gasteiger partial charge in [0.05, 0.1) is 23.8 Å². The van der Waals surface area contributed by atoms with Gasteiger partial charge in [-0.2, -0.15) is 0 Å². The standard InChI is InChI=1S/C25H29N3O10/c1-28(2)18-11-8-10-7-9-3-4-12(27-13(29)5-6-14(30)31)19(32)15(9)20(33)16(10)22(35)25(11,38)23(36)17(21(18)34)24(26)37/h3-4,10-11,17-18,21,32-34,38H,5-8H2,1-2H3,(H2,26,37)(H,27,29)(H,30,31)/t10-,11-,17?,18-,21?,25-/m1/s1. The first-order valence-electron chi connectivity index (χ1n) is 12.0. The smallest absolute Gasteiger partial charge is 0.303 e. The third-order valence-electron chi connectivity index (χ3n) is 7.80. The van der Waals surface area contributed by atoms with Crippen molar-refractivity contribution in [2.45, 2.75) is 43.4 Å². The van der Waals surface area contributed by atoms with Gasteiger partial charge in [0.25, 0.3) is 0 Å². The Morgan fingerprint density at radius 3 is 2.39 bits per heavy atom. The summed E-state index contributed by atoms with van der Waals surface area (Å²) in [5.41, 5.74) is 2.39. The lowest BCUT2D eigenvalue weighted by Crippen LogP contribution is -2.73. The van der Waals surface area contributed by atoms with Gasteiger partial charge in [0.1, 0.15) is 17.4 Å². The molecule has 13 nitrogen and oxygen atoms in total. The zero-order valence-electron chi connectivity index (χ0n) is 20.7. The van der Waals surface area contributed by atoms with Crippen molar-refractivity contribution in [1.82, 2.24) is 4.90 Å². The maximum atomic E-state index is 13.8. The summed E-state index contributed by atoms with van der Waals surface area (Å²) in [6, 6.07) is 1.91. The van der Waals surface area contributed by atoms with Gasteiger partial charge in [-0.25, -0.2) is 0 Å². The molecule has 2 saturated carbocycles. The number of carboxylic acids is 1. The van der Waals surface area contributed by atoms with Crippen LogP contribution in [0, 0.1) is 17.8 Å². The molecule has 3 aliphatic rings. The van der Waals surface area contributed by atoms with Gasteiger partial charge in [0.2, 0.25) is 17.6 Å². The lowest BCUT2D eigenvalue weighted by molar-refractivity contribution is -0.184. The van der Waals surface area contributed by atoms with Crippen molar-refractivity contribution < 1.29 is 49.5 Å². The number of carboxylic acid groups (broad SMARTS) is 1. The topological polar surface area (TPSA) is 228 Å². The number of benzene rings is 1. The van der Waals surface area contributed by atoms with Gasteiger partial charge >= 0.3 is 5.97 Å². The molecule has 0 heterocycles. The number of fused-ring (bicyclic) bond motifs is 3. The van der Waals surface area contributed by atoms with Crippen LogP contribution in [0.15, 0.2) is 17.7 Å². The molecule has 1 aromatic rings. The van der Waals surface area contributed by atoms with E-state index < -0.39 is 82.8 Å². The fourth-order valence-electron chi connectivity index (χ4n) is 6.11. The molecule has 2 fully saturated rings. The summed E-state index contributed by atoms with van der Waals surface area (Å²) < 4.78 is 0. The molecule has 204 valence electrons. The van der Waals surface area contributed by atoms with E-state index in [9.17, 15) is 44.4 Å². The monoisotopic (exact) mass is 531 g/mol. The number of primary amides is 1. The highest BCUT2D eigenvalue weighted by Crippen LogP contribution is 2.52. The number of aliphatic carboxylic acids is 1. The number of Topliss-reactive ketones (excluding diaryl/α,β-unsaturated/α-hetero) is 2. The van der Waals surface area contributed by atoms with Crippen LogP contribution in [0.4, 0.5) is 5.69 Å². The second-order valence-corrected chi connectivity index (χ2v) is 10.2. The molecular weight excluding hydrogens is 502 g/mol. The molecule has 1 aromatic carbocycles. The Morgan fingerprint density at radius 1 is 1.16 bits per heavy atom. The number of aromatic hydroxyl groups is 1. The summed E-state index contributed by atoms with van der Waals surface area (Å²) in [5, 5.41) is 55.6. The minimum atomic E-state index is -2.76. The molecule has 0 saturated heterocycles. The zero-order valence-corrected chi connectivity index (χ0v) is 20.7. The van der Waals surface area contributed by atoms with Crippen LogP contribution in [0.1, 0.15) is 30.4 Å². The second kappa shape index (κ2) is 9.49. The first kappa shape index (κ1) is 27.2.